The lowest BCUT2D eigenvalue weighted by atomic mass is 9.94. The number of hydrogen-bond acceptors (Lipinski definition) is 7. The summed E-state index contributed by atoms with van der Waals surface area (Å²) in [6.45, 7) is 3.78. The van der Waals surface area contributed by atoms with Crippen molar-refractivity contribution in [3.63, 3.8) is 0 Å². The number of nitriles is 3. The monoisotopic (exact) mass is 458 g/mol. The topological polar surface area (TPSA) is 176 Å². The molecule has 0 radical (unpaired) electrons. The Morgan fingerprint density at radius 1 is 1.24 bits per heavy atom. The molecule has 10 heteroatoms. The van der Waals surface area contributed by atoms with Crippen LogP contribution in [0.4, 0.5) is 5.69 Å². The summed E-state index contributed by atoms with van der Waals surface area (Å²) >= 11 is 0. The quantitative estimate of drug-likeness (QED) is 0.156. The van der Waals surface area contributed by atoms with Gasteiger partial charge >= 0.3 is 5.97 Å². The average Bonchev–Trinajstić information content (AvgIpc) is 3.06. The number of carboxylic acid groups (broad SMARTS) is 1. The lowest BCUT2D eigenvalue weighted by Crippen LogP contribution is -2.20. The summed E-state index contributed by atoms with van der Waals surface area (Å²) in [7, 11) is 0. The highest BCUT2D eigenvalue weighted by molar-refractivity contribution is 5.67. The molecule has 34 heavy (non-hydrogen) atoms. The fraction of sp³-hybridized carbons (Fsp3) is 0.333. The number of benzene rings is 1. The van der Waals surface area contributed by atoms with Crippen LogP contribution in [-0.2, 0) is 9.53 Å². The summed E-state index contributed by atoms with van der Waals surface area (Å²) in [4.78, 5) is 13.4. The van der Waals surface area contributed by atoms with Gasteiger partial charge in [-0.15, -0.1) is 0 Å². The number of ether oxygens (including phenoxy) is 2. The van der Waals surface area contributed by atoms with Crippen LogP contribution in [0.3, 0.4) is 0 Å². The van der Waals surface area contributed by atoms with E-state index in [4.69, 9.17) is 20.1 Å². The van der Waals surface area contributed by atoms with E-state index in [-0.39, 0.29) is 23.3 Å². The molecule has 1 aliphatic rings. The molecular weight excluding hydrogens is 436 g/mol. The van der Waals surface area contributed by atoms with Crippen molar-refractivity contribution in [1.82, 2.24) is 0 Å². The Labute approximate surface area is 196 Å². The van der Waals surface area contributed by atoms with Gasteiger partial charge in [-0.05, 0) is 56.3 Å². The molecule has 1 aliphatic heterocycles. The van der Waals surface area contributed by atoms with Gasteiger partial charge < -0.3 is 14.6 Å². The molecule has 0 bridgehead atoms. The molecule has 0 aromatic heterocycles. The normalized spacial score (nSPS) is 13.9. The molecule has 1 aromatic rings. The third-order valence-corrected chi connectivity index (χ3v) is 4.94. The zero-order valence-corrected chi connectivity index (χ0v) is 18.8. The van der Waals surface area contributed by atoms with Crippen LogP contribution in [0, 0.1) is 34.0 Å². The van der Waals surface area contributed by atoms with Gasteiger partial charge in [0.15, 0.2) is 11.3 Å². The van der Waals surface area contributed by atoms with Gasteiger partial charge in [0.25, 0.3) is 0 Å². The van der Waals surface area contributed by atoms with E-state index in [1.54, 1.807) is 56.3 Å². The van der Waals surface area contributed by atoms with Crippen molar-refractivity contribution in [2.45, 2.75) is 45.1 Å². The van der Waals surface area contributed by atoms with E-state index in [1.165, 1.54) is 0 Å². The number of carboxylic acids is 1. The van der Waals surface area contributed by atoms with E-state index < -0.39 is 11.6 Å². The van der Waals surface area contributed by atoms with Crippen LogP contribution >= 0.6 is 0 Å². The highest BCUT2D eigenvalue weighted by atomic mass is 16.5. The molecule has 0 saturated heterocycles. The molecule has 0 atom stereocenters. The number of azide groups is 1. The van der Waals surface area contributed by atoms with Crippen molar-refractivity contribution in [2.24, 2.45) is 5.11 Å². The molecule has 172 valence electrons. The second-order valence-electron chi connectivity index (χ2n) is 7.74. The maximum Gasteiger partial charge on any atom is 0.303 e. The average molecular weight is 458 g/mol. The maximum atomic E-state index is 10.6. The summed E-state index contributed by atoms with van der Waals surface area (Å²) < 4.78 is 11.5. The largest absolute Gasteiger partial charge is 0.493 e. The summed E-state index contributed by atoms with van der Waals surface area (Å²) in [5, 5.41) is 40.3. The highest BCUT2D eigenvalue weighted by Gasteiger charge is 2.38. The van der Waals surface area contributed by atoms with Crippen LogP contribution in [-0.4, -0.2) is 23.3 Å². The van der Waals surface area contributed by atoms with E-state index in [0.717, 1.165) is 0 Å². The number of aliphatic carboxylic acids is 1. The first-order chi connectivity index (χ1) is 16.3. The number of unbranched alkanes of at least 4 members (excludes halogenated alkanes) is 2. The minimum absolute atomic E-state index is 0.0391. The molecule has 0 amide bonds. The van der Waals surface area contributed by atoms with Gasteiger partial charge in [0.2, 0.25) is 0 Å². The van der Waals surface area contributed by atoms with Crippen LogP contribution in [0.2, 0.25) is 0 Å². The Hall–Kier alpha value is -4.71. The molecule has 0 spiro atoms. The molecular formula is C24H22N6O4. The summed E-state index contributed by atoms with van der Waals surface area (Å²) in [5.41, 5.74) is 9.23. The van der Waals surface area contributed by atoms with Gasteiger partial charge in [-0.25, -0.2) is 0 Å². The molecule has 0 fully saturated rings. The molecule has 2 rings (SSSR count). The summed E-state index contributed by atoms with van der Waals surface area (Å²) in [5.74, 6) is -0.509. The van der Waals surface area contributed by atoms with Gasteiger partial charge in [0, 0.05) is 16.9 Å². The lowest BCUT2D eigenvalue weighted by Gasteiger charge is -2.20. The number of carbonyl (C=O) groups is 1. The van der Waals surface area contributed by atoms with Crippen LogP contribution in [0.1, 0.15) is 45.1 Å². The van der Waals surface area contributed by atoms with Crippen LogP contribution < -0.4 is 4.74 Å². The first kappa shape index (κ1) is 25.5. The number of allylic oxidation sites excluding steroid dienone is 2. The van der Waals surface area contributed by atoms with Crippen LogP contribution in [0.5, 0.6) is 5.75 Å². The van der Waals surface area contributed by atoms with Gasteiger partial charge in [-0.1, -0.05) is 23.3 Å². The fourth-order valence-electron chi connectivity index (χ4n) is 3.28. The molecule has 10 nitrogen and oxygen atoms in total. The molecule has 1 heterocycles. The first-order valence-electron chi connectivity index (χ1n) is 10.4. The van der Waals surface area contributed by atoms with Gasteiger partial charge in [0.1, 0.15) is 35.1 Å². The van der Waals surface area contributed by atoms with E-state index >= 15 is 0 Å². The second-order valence-corrected chi connectivity index (χ2v) is 7.74. The van der Waals surface area contributed by atoms with Crippen molar-refractivity contribution in [2.75, 3.05) is 6.61 Å². The minimum Gasteiger partial charge on any atom is -0.493 e. The molecule has 0 unspecified atom stereocenters. The summed E-state index contributed by atoms with van der Waals surface area (Å²) in [6.07, 6.45) is 5.38. The zero-order chi connectivity index (χ0) is 25.1. The van der Waals surface area contributed by atoms with Crippen LogP contribution in [0.25, 0.3) is 16.5 Å². The fourth-order valence-corrected chi connectivity index (χ4v) is 3.28. The van der Waals surface area contributed by atoms with Gasteiger partial charge in [-0.2, -0.15) is 15.8 Å². The Morgan fingerprint density at radius 3 is 2.59 bits per heavy atom. The lowest BCUT2D eigenvalue weighted by molar-refractivity contribution is -0.137. The number of nitrogens with zero attached hydrogens (tertiary/aromatic N) is 6. The van der Waals surface area contributed by atoms with Gasteiger partial charge in [-0.3, -0.25) is 4.79 Å². The maximum absolute atomic E-state index is 10.6. The third kappa shape index (κ3) is 6.40. The SMILES string of the molecule is CC1(C)OC(=C(C#N)C#N)C(C#N)=C1C=Cc1ccc(N=[N+]=[N-])c(OCCCCCC(=O)O)c1. The highest BCUT2D eigenvalue weighted by Crippen LogP contribution is 2.40. The van der Waals surface area contributed by atoms with Crippen molar-refractivity contribution in [3.8, 4) is 24.0 Å². The van der Waals surface area contributed by atoms with E-state index in [2.05, 4.69) is 10.0 Å². The molecule has 1 aromatic carbocycles. The Morgan fingerprint density at radius 2 is 1.97 bits per heavy atom. The molecule has 1 N–H and O–H groups in total. The summed E-state index contributed by atoms with van der Waals surface area (Å²) in [6, 6.07) is 10.5. The van der Waals surface area contributed by atoms with E-state index in [1.807, 2.05) is 6.07 Å². The smallest absolute Gasteiger partial charge is 0.303 e. The first-order valence-corrected chi connectivity index (χ1v) is 10.4. The molecule has 0 saturated carbocycles. The van der Waals surface area contributed by atoms with Crippen molar-refractivity contribution >= 4 is 17.7 Å². The zero-order valence-electron chi connectivity index (χ0n) is 18.8. The Balaban J connectivity index is 2.30. The third-order valence-electron chi connectivity index (χ3n) is 4.94. The van der Waals surface area contributed by atoms with E-state index in [0.29, 0.717) is 48.4 Å². The standard InChI is InChI=1S/C24H22N6O4/c1-24(2)19(18(15-27)23(34-24)17(13-25)14-26)9-7-16-8-10-20(29-30-28)21(12-16)33-11-5-3-4-6-22(31)32/h7-10,12H,3-6,11H2,1-2H3,(H,31,32). The van der Waals surface area contributed by atoms with Crippen molar-refractivity contribution < 1.29 is 19.4 Å². The van der Waals surface area contributed by atoms with Gasteiger partial charge in [0.05, 0.1) is 12.3 Å². The Kier molecular flexibility index (Phi) is 8.85. The van der Waals surface area contributed by atoms with Crippen LogP contribution in [0.15, 0.2) is 51.9 Å². The number of hydrogen-bond donors (Lipinski definition) is 1. The number of rotatable bonds is 10. The predicted molar refractivity (Wildman–Crippen MR) is 122 cm³/mol. The predicted octanol–water partition coefficient (Wildman–Crippen LogP) is 5.60. The Bertz CT molecular complexity index is 1220. The van der Waals surface area contributed by atoms with Crippen molar-refractivity contribution in [1.29, 1.82) is 15.8 Å². The van der Waals surface area contributed by atoms with E-state index in [9.17, 15) is 20.6 Å². The second kappa shape index (κ2) is 11.8. The molecule has 0 aliphatic carbocycles. The minimum atomic E-state index is -0.934. The van der Waals surface area contributed by atoms with Crippen molar-refractivity contribution in [3.05, 3.63) is 62.8 Å².